The van der Waals surface area contributed by atoms with Gasteiger partial charge in [0.15, 0.2) is 0 Å². The molecule has 0 aliphatic carbocycles. The highest BCUT2D eigenvalue weighted by Gasteiger charge is 2.26. The molecule has 1 aromatic rings. The van der Waals surface area contributed by atoms with E-state index in [1.165, 1.54) is 12.0 Å². The van der Waals surface area contributed by atoms with Crippen LogP contribution in [0, 0.1) is 0 Å². The summed E-state index contributed by atoms with van der Waals surface area (Å²) in [6, 6.07) is 11.2. The fraction of sp³-hybridized carbons (Fsp3) is 0.571. The van der Waals surface area contributed by atoms with Crippen LogP contribution in [-0.2, 0) is 0 Å². The summed E-state index contributed by atoms with van der Waals surface area (Å²) >= 11 is 0. The van der Waals surface area contributed by atoms with Crippen molar-refractivity contribution in [1.82, 2.24) is 5.32 Å². The molecule has 0 amide bonds. The maximum Gasteiger partial charge on any atom is 0.0573 e. The van der Waals surface area contributed by atoms with Crippen molar-refractivity contribution in [2.24, 2.45) is 0 Å². The fourth-order valence-corrected chi connectivity index (χ4v) is 2.58. The Labute approximate surface area is 97.7 Å². The van der Waals surface area contributed by atoms with Gasteiger partial charge in [-0.3, -0.25) is 0 Å². The van der Waals surface area contributed by atoms with E-state index >= 15 is 0 Å². The predicted molar refractivity (Wildman–Crippen MR) is 66.3 cm³/mol. The van der Waals surface area contributed by atoms with Crippen LogP contribution < -0.4 is 5.32 Å². The van der Waals surface area contributed by atoms with Crippen molar-refractivity contribution in [3.63, 3.8) is 0 Å². The molecule has 2 heteroatoms. The van der Waals surface area contributed by atoms with Crippen LogP contribution in [-0.4, -0.2) is 17.3 Å². The molecule has 0 aromatic heterocycles. The Bertz CT molecular complexity index is 312. The predicted octanol–water partition coefficient (Wildman–Crippen LogP) is 2.64. The van der Waals surface area contributed by atoms with E-state index in [4.69, 9.17) is 0 Å². The first-order chi connectivity index (χ1) is 7.79. The van der Waals surface area contributed by atoms with Crippen LogP contribution in [0.5, 0.6) is 0 Å². The Hall–Kier alpha value is -0.860. The highest BCUT2D eigenvalue weighted by molar-refractivity contribution is 5.19. The number of rotatable bonds is 3. The van der Waals surface area contributed by atoms with Crippen molar-refractivity contribution in [3.8, 4) is 0 Å². The van der Waals surface area contributed by atoms with Gasteiger partial charge in [0, 0.05) is 12.1 Å². The monoisotopic (exact) mass is 219 g/mol. The first-order valence-corrected chi connectivity index (χ1v) is 6.28. The number of benzene rings is 1. The van der Waals surface area contributed by atoms with Crippen molar-refractivity contribution in [2.75, 3.05) is 0 Å². The van der Waals surface area contributed by atoms with Crippen molar-refractivity contribution in [2.45, 2.75) is 50.8 Å². The Kier molecular flexibility index (Phi) is 3.97. The van der Waals surface area contributed by atoms with E-state index in [0.29, 0.717) is 12.1 Å². The molecule has 2 rings (SSSR count). The Morgan fingerprint density at radius 3 is 2.69 bits per heavy atom. The molecular weight excluding hydrogens is 198 g/mol. The van der Waals surface area contributed by atoms with Gasteiger partial charge in [0.25, 0.3) is 0 Å². The van der Waals surface area contributed by atoms with Gasteiger partial charge in [-0.05, 0) is 24.8 Å². The SMILES string of the molecule is CCC[C@H]1C[C@@H](O)C[C@@H](c2ccccc2)N1. The Morgan fingerprint density at radius 2 is 2.00 bits per heavy atom. The molecule has 0 saturated carbocycles. The molecule has 2 N–H and O–H groups in total. The lowest BCUT2D eigenvalue weighted by Gasteiger charge is -2.34. The normalized spacial score (nSPS) is 30.2. The van der Waals surface area contributed by atoms with Gasteiger partial charge in [-0.2, -0.15) is 0 Å². The zero-order chi connectivity index (χ0) is 11.4. The van der Waals surface area contributed by atoms with E-state index in [9.17, 15) is 5.11 Å². The highest BCUT2D eigenvalue weighted by Crippen LogP contribution is 2.27. The number of piperidine rings is 1. The van der Waals surface area contributed by atoms with Crippen LogP contribution in [0.2, 0.25) is 0 Å². The van der Waals surface area contributed by atoms with Crippen LogP contribution in [0.25, 0.3) is 0 Å². The quantitative estimate of drug-likeness (QED) is 0.819. The molecule has 0 spiro atoms. The molecule has 1 saturated heterocycles. The van der Waals surface area contributed by atoms with Gasteiger partial charge in [-0.25, -0.2) is 0 Å². The van der Waals surface area contributed by atoms with Crippen LogP contribution >= 0.6 is 0 Å². The fourth-order valence-electron chi connectivity index (χ4n) is 2.58. The maximum atomic E-state index is 9.90. The van der Waals surface area contributed by atoms with Gasteiger partial charge in [0.05, 0.1) is 6.10 Å². The van der Waals surface area contributed by atoms with Crippen molar-refractivity contribution >= 4 is 0 Å². The minimum Gasteiger partial charge on any atom is -0.393 e. The van der Waals surface area contributed by atoms with Crippen molar-refractivity contribution in [3.05, 3.63) is 35.9 Å². The highest BCUT2D eigenvalue weighted by atomic mass is 16.3. The molecule has 0 unspecified atom stereocenters. The van der Waals surface area contributed by atoms with Crippen molar-refractivity contribution in [1.29, 1.82) is 0 Å². The van der Waals surface area contributed by atoms with E-state index < -0.39 is 0 Å². The number of hydrogen-bond donors (Lipinski definition) is 2. The molecule has 88 valence electrons. The molecule has 1 fully saturated rings. The van der Waals surface area contributed by atoms with Crippen LogP contribution in [0.15, 0.2) is 30.3 Å². The van der Waals surface area contributed by atoms with Crippen LogP contribution in [0.4, 0.5) is 0 Å². The van der Waals surface area contributed by atoms with Gasteiger partial charge < -0.3 is 10.4 Å². The van der Waals surface area contributed by atoms with Gasteiger partial charge in [-0.1, -0.05) is 43.7 Å². The Morgan fingerprint density at radius 1 is 1.25 bits per heavy atom. The summed E-state index contributed by atoms with van der Waals surface area (Å²) in [5.41, 5.74) is 1.29. The summed E-state index contributed by atoms with van der Waals surface area (Å²) in [5, 5.41) is 13.5. The standard InChI is InChI=1S/C14H21NO/c1-2-6-12-9-13(16)10-14(15-12)11-7-4-3-5-8-11/h3-5,7-8,12-16H,2,6,9-10H2,1H3/t12-,13+,14-/m0/s1. The van der Waals surface area contributed by atoms with Crippen LogP contribution in [0.3, 0.4) is 0 Å². The maximum absolute atomic E-state index is 9.90. The molecule has 1 aliphatic rings. The summed E-state index contributed by atoms with van der Waals surface area (Å²) < 4.78 is 0. The molecule has 3 atom stereocenters. The van der Waals surface area contributed by atoms with E-state index in [1.807, 2.05) is 6.07 Å². The summed E-state index contributed by atoms with van der Waals surface area (Å²) in [5.74, 6) is 0. The zero-order valence-electron chi connectivity index (χ0n) is 9.89. The van der Waals surface area contributed by atoms with Gasteiger partial charge in [0.1, 0.15) is 0 Å². The second-order valence-electron chi connectivity index (χ2n) is 4.74. The molecule has 1 heterocycles. The Balaban J connectivity index is 2.04. The molecule has 1 aromatic carbocycles. The summed E-state index contributed by atoms with van der Waals surface area (Å²) in [6.45, 7) is 2.19. The van der Waals surface area contributed by atoms with Gasteiger partial charge in [0.2, 0.25) is 0 Å². The summed E-state index contributed by atoms with van der Waals surface area (Å²) in [7, 11) is 0. The number of nitrogens with one attached hydrogen (secondary N) is 1. The number of aliphatic hydroxyl groups is 1. The van der Waals surface area contributed by atoms with Gasteiger partial charge in [-0.15, -0.1) is 0 Å². The second-order valence-corrected chi connectivity index (χ2v) is 4.74. The molecular formula is C14H21NO. The first kappa shape index (κ1) is 11.6. The largest absolute Gasteiger partial charge is 0.393 e. The molecule has 16 heavy (non-hydrogen) atoms. The average Bonchev–Trinajstić information content (AvgIpc) is 2.30. The van der Waals surface area contributed by atoms with E-state index in [0.717, 1.165) is 19.3 Å². The smallest absolute Gasteiger partial charge is 0.0573 e. The number of aliphatic hydroxyl groups excluding tert-OH is 1. The first-order valence-electron chi connectivity index (χ1n) is 6.28. The van der Waals surface area contributed by atoms with Crippen LogP contribution in [0.1, 0.15) is 44.2 Å². The zero-order valence-corrected chi connectivity index (χ0v) is 9.89. The average molecular weight is 219 g/mol. The molecule has 2 nitrogen and oxygen atoms in total. The minimum atomic E-state index is -0.150. The third kappa shape index (κ3) is 2.83. The molecule has 1 aliphatic heterocycles. The lowest BCUT2D eigenvalue weighted by molar-refractivity contribution is 0.0910. The summed E-state index contributed by atoms with van der Waals surface area (Å²) in [4.78, 5) is 0. The van der Waals surface area contributed by atoms with E-state index in [-0.39, 0.29) is 6.10 Å². The molecule has 0 radical (unpaired) electrons. The minimum absolute atomic E-state index is 0.150. The lowest BCUT2D eigenvalue weighted by atomic mass is 9.90. The topological polar surface area (TPSA) is 32.3 Å². The van der Waals surface area contributed by atoms with Crippen molar-refractivity contribution < 1.29 is 5.11 Å². The van der Waals surface area contributed by atoms with E-state index in [1.54, 1.807) is 0 Å². The second kappa shape index (κ2) is 5.46. The third-order valence-corrected chi connectivity index (χ3v) is 3.34. The molecule has 0 bridgehead atoms. The third-order valence-electron chi connectivity index (χ3n) is 3.34. The number of hydrogen-bond acceptors (Lipinski definition) is 2. The lowest BCUT2D eigenvalue weighted by Crippen LogP contribution is -2.42. The van der Waals surface area contributed by atoms with Gasteiger partial charge >= 0.3 is 0 Å². The van der Waals surface area contributed by atoms with E-state index in [2.05, 4.69) is 36.5 Å². The summed E-state index contributed by atoms with van der Waals surface area (Å²) in [6.07, 6.45) is 3.91.